The summed E-state index contributed by atoms with van der Waals surface area (Å²) in [5.74, 6) is 0. The fourth-order valence-electron chi connectivity index (χ4n) is 4.21. The zero-order valence-corrected chi connectivity index (χ0v) is 16.8. The highest BCUT2D eigenvalue weighted by molar-refractivity contribution is 5.33. The topological polar surface area (TPSA) is 85.3 Å². The minimum Gasteiger partial charge on any atom is -0.392 e. The third kappa shape index (κ3) is 4.60. The number of likely N-dealkylation sites (tertiary alicyclic amines) is 1. The fraction of sp³-hybridized carbons (Fsp3) is 0.333. The highest BCUT2D eigenvalue weighted by atomic mass is 16.3. The van der Waals surface area contributed by atoms with Gasteiger partial charge in [-0.25, -0.2) is 4.98 Å². The number of hydrogen-bond donors (Lipinski definition) is 2. The molecule has 2 aromatic carbocycles. The van der Waals surface area contributed by atoms with Gasteiger partial charge in [0, 0.05) is 44.0 Å². The monoisotopic (exact) mass is 402 g/mol. The molecule has 6 heteroatoms. The summed E-state index contributed by atoms with van der Waals surface area (Å²) in [5.41, 5.74) is 3.76. The molecule has 1 unspecified atom stereocenters. The normalized spacial score (nSPS) is 20.2. The molecular weight excluding hydrogens is 376 g/mol. The summed E-state index contributed by atoms with van der Waals surface area (Å²) < 4.78 is 2.12. The number of aliphatic hydroxyl groups is 2. The highest BCUT2D eigenvalue weighted by Gasteiger charge is 2.36. The van der Waals surface area contributed by atoms with Crippen molar-refractivity contribution in [1.82, 2.24) is 14.5 Å². The number of nitrogens with zero attached hydrogens (tertiary/aromatic N) is 4. The number of nitriles is 1. The van der Waals surface area contributed by atoms with E-state index in [0.29, 0.717) is 18.5 Å². The Morgan fingerprint density at radius 2 is 1.87 bits per heavy atom. The Bertz CT molecular complexity index is 994. The first kappa shape index (κ1) is 20.3. The number of hydrogen-bond acceptors (Lipinski definition) is 5. The molecule has 4 rings (SSSR count). The van der Waals surface area contributed by atoms with E-state index in [0.717, 1.165) is 36.3 Å². The van der Waals surface area contributed by atoms with E-state index >= 15 is 0 Å². The van der Waals surface area contributed by atoms with Crippen molar-refractivity contribution in [1.29, 1.82) is 5.26 Å². The van der Waals surface area contributed by atoms with E-state index in [9.17, 15) is 10.2 Å². The first-order valence-electron chi connectivity index (χ1n) is 10.3. The van der Waals surface area contributed by atoms with Gasteiger partial charge in [0.1, 0.15) is 0 Å². The quantitative estimate of drug-likeness (QED) is 0.634. The van der Waals surface area contributed by atoms with Crippen molar-refractivity contribution in [2.75, 3.05) is 13.1 Å². The molecule has 6 nitrogen and oxygen atoms in total. The van der Waals surface area contributed by atoms with Crippen LogP contribution >= 0.6 is 0 Å². The SMILES string of the molecule is N#Cc1ccc(Cc2cncn2CCN2C[C@H](O)CC2[C@H](O)c2ccccc2)cc1. The van der Waals surface area contributed by atoms with Crippen molar-refractivity contribution < 1.29 is 10.2 Å². The molecule has 154 valence electrons. The lowest BCUT2D eigenvalue weighted by atomic mass is 10.00. The van der Waals surface area contributed by atoms with Crippen molar-refractivity contribution in [3.63, 3.8) is 0 Å². The molecule has 2 heterocycles. The van der Waals surface area contributed by atoms with E-state index < -0.39 is 12.2 Å². The van der Waals surface area contributed by atoms with Crippen LogP contribution in [-0.4, -0.2) is 49.9 Å². The van der Waals surface area contributed by atoms with Crippen LogP contribution in [0.3, 0.4) is 0 Å². The molecule has 1 fully saturated rings. The Hall–Kier alpha value is -2.98. The van der Waals surface area contributed by atoms with Crippen molar-refractivity contribution in [3.05, 3.63) is 89.5 Å². The summed E-state index contributed by atoms with van der Waals surface area (Å²) in [5, 5.41) is 30.0. The minimum atomic E-state index is -0.621. The number of aromatic nitrogens is 2. The lowest BCUT2D eigenvalue weighted by molar-refractivity contribution is 0.0707. The van der Waals surface area contributed by atoms with Gasteiger partial charge in [0.05, 0.1) is 30.2 Å². The molecule has 1 aliphatic heterocycles. The Kier molecular flexibility index (Phi) is 6.24. The maximum atomic E-state index is 10.9. The lowest BCUT2D eigenvalue weighted by Gasteiger charge is -2.28. The van der Waals surface area contributed by atoms with Crippen LogP contribution < -0.4 is 0 Å². The molecule has 30 heavy (non-hydrogen) atoms. The molecule has 3 aromatic rings. The lowest BCUT2D eigenvalue weighted by Crippen LogP contribution is -2.37. The number of β-amino-alcohol motifs (C(OH)–C–C–N with tert-alkyl or cyclic N) is 1. The van der Waals surface area contributed by atoms with Gasteiger partial charge in [-0.1, -0.05) is 42.5 Å². The molecule has 0 bridgehead atoms. The van der Waals surface area contributed by atoms with Gasteiger partial charge in [-0.2, -0.15) is 5.26 Å². The van der Waals surface area contributed by atoms with Gasteiger partial charge in [0.15, 0.2) is 0 Å². The third-order valence-electron chi connectivity index (χ3n) is 5.83. The van der Waals surface area contributed by atoms with Gasteiger partial charge in [-0.15, -0.1) is 0 Å². The van der Waals surface area contributed by atoms with Crippen LogP contribution in [0.5, 0.6) is 0 Å². The summed E-state index contributed by atoms with van der Waals surface area (Å²) in [6.45, 7) is 2.02. The summed E-state index contributed by atoms with van der Waals surface area (Å²) in [6, 6.07) is 19.3. The number of aliphatic hydroxyl groups excluding tert-OH is 2. The summed E-state index contributed by atoms with van der Waals surface area (Å²) >= 11 is 0. The van der Waals surface area contributed by atoms with Crippen LogP contribution in [0.1, 0.15) is 34.9 Å². The molecule has 1 aliphatic rings. The highest BCUT2D eigenvalue weighted by Crippen LogP contribution is 2.29. The molecule has 2 N–H and O–H groups in total. The van der Waals surface area contributed by atoms with E-state index in [4.69, 9.17) is 5.26 Å². The second-order valence-electron chi connectivity index (χ2n) is 7.87. The molecule has 0 saturated carbocycles. The van der Waals surface area contributed by atoms with E-state index in [1.165, 1.54) is 0 Å². The van der Waals surface area contributed by atoms with Gasteiger partial charge in [-0.05, 0) is 29.7 Å². The molecule has 1 saturated heterocycles. The predicted molar refractivity (Wildman–Crippen MR) is 114 cm³/mol. The van der Waals surface area contributed by atoms with Crippen LogP contribution in [0.15, 0.2) is 67.1 Å². The smallest absolute Gasteiger partial charge is 0.0991 e. The van der Waals surface area contributed by atoms with Gasteiger partial charge in [0.2, 0.25) is 0 Å². The standard InChI is InChI=1S/C24H26N4O2/c25-14-19-8-6-18(7-9-19)12-21-15-26-17-28(21)11-10-27-16-22(29)13-23(27)24(30)20-4-2-1-3-5-20/h1-9,15,17,22-24,29-30H,10-13,16H2/t22-,23?,24-/m1/s1. The van der Waals surface area contributed by atoms with Gasteiger partial charge in [0.25, 0.3) is 0 Å². The first-order valence-corrected chi connectivity index (χ1v) is 10.3. The van der Waals surface area contributed by atoms with Crippen LogP contribution in [0.25, 0.3) is 0 Å². The zero-order valence-electron chi connectivity index (χ0n) is 16.8. The molecule has 0 spiro atoms. The Morgan fingerprint density at radius 3 is 2.60 bits per heavy atom. The molecular formula is C24H26N4O2. The summed E-state index contributed by atoms with van der Waals surface area (Å²) in [7, 11) is 0. The first-order chi connectivity index (χ1) is 14.6. The average Bonchev–Trinajstić information content (AvgIpc) is 3.38. The van der Waals surface area contributed by atoms with Crippen molar-refractivity contribution in [2.24, 2.45) is 0 Å². The van der Waals surface area contributed by atoms with Crippen LogP contribution in [0.4, 0.5) is 0 Å². The van der Waals surface area contributed by atoms with Crippen molar-refractivity contribution >= 4 is 0 Å². The van der Waals surface area contributed by atoms with Crippen LogP contribution in [0, 0.1) is 11.3 Å². The minimum absolute atomic E-state index is 0.104. The van der Waals surface area contributed by atoms with Gasteiger partial charge in [-0.3, -0.25) is 4.90 Å². The molecule has 0 aliphatic carbocycles. The molecule has 1 aromatic heterocycles. The largest absolute Gasteiger partial charge is 0.392 e. The Balaban J connectivity index is 1.41. The predicted octanol–water partition coefficient (Wildman–Crippen LogP) is 2.51. The second-order valence-corrected chi connectivity index (χ2v) is 7.87. The fourth-order valence-corrected chi connectivity index (χ4v) is 4.21. The average molecular weight is 402 g/mol. The van der Waals surface area contributed by atoms with E-state index in [2.05, 4.69) is 20.5 Å². The van der Waals surface area contributed by atoms with Gasteiger partial charge < -0.3 is 14.8 Å². The summed E-state index contributed by atoms with van der Waals surface area (Å²) in [6.07, 6.45) is 3.96. The maximum absolute atomic E-state index is 10.9. The van der Waals surface area contributed by atoms with Crippen molar-refractivity contribution in [2.45, 2.75) is 37.6 Å². The molecule has 0 amide bonds. The molecule has 3 atom stereocenters. The number of imidazole rings is 1. The number of benzene rings is 2. The zero-order chi connectivity index (χ0) is 20.9. The Morgan fingerprint density at radius 1 is 1.10 bits per heavy atom. The third-order valence-corrected chi connectivity index (χ3v) is 5.83. The van der Waals surface area contributed by atoms with Crippen molar-refractivity contribution in [3.8, 4) is 6.07 Å². The van der Waals surface area contributed by atoms with Gasteiger partial charge >= 0.3 is 0 Å². The molecule has 0 radical (unpaired) electrons. The number of rotatable bonds is 7. The van der Waals surface area contributed by atoms with Crippen LogP contribution in [0.2, 0.25) is 0 Å². The van der Waals surface area contributed by atoms with E-state index in [1.807, 2.05) is 67.1 Å². The van der Waals surface area contributed by atoms with Crippen LogP contribution in [-0.2, 0) is 13.0 Å². The summed E-state index contributed by atoms with van der Waals surface area (Å²) in [4.78, 5) is 6.48. The maximum Gasteiger partial charge on any atom is 0.0991 e. The second kappa shape index (κ2) is 9.23. The van der Waals surface area contributed by atoms with E-state index in [-0.39, 0.29) is 6.04 Å². The Labute approximate surface area is 176 Å². The van der Waals surface area contributed by atoms with E-state index in [1.54, 1.807) is 0 Å².